The number of rotatable bonds is 4. The Morgan fingerprint density at radius 1 is 1.23 bits per heavy atom. The monoisotopic (exact) mass is 416 g/mol. The maximum absolute atomic E-state index is 12.8. The van der Waals surface area contributed by atoms with E-state index in [-0.39, 0.29) is 11.6 Å². The lowest BCUT2D eigenvalue weighted by atomic mass is 9.86. The van der Waals surface area contributed by atoms with E-state index in [4.69, 9.17) is 0 Å². The van der Waals surface area contributed by atoms with Crippen molar-refractivity contribution >= 4 is 34.2 Å². The summed E-state index contributed by atoms with van der Waals surface area (Å²) < 4.78 is 0. The average Bonchev–Trinajstić information content (AvgIpc) is 3.43. The normalized spacial score (nSPS) is 14.8. The van der Waals surface area contributed by atoms with Gasteiger partial charge in [0.2, 0.25) is 5.91 Å². The minimum atomic E-state index is -0.603. The Morgan fingerprint density at radius 2 is 2.06 bits per heavy atom. The largest absolute Gasteiger partial charge is 0.337 e. The van der Waals surface area contributed by atoms with Crippen LogP contribution < -0.4 is 10.2 Å². The molecule has 3 aromatic heterocycles. The van der Waals surface area contributed by atoms with E-state index in [1.165, 1.54) is 24.8 Å². The van der Waals surface area contributed by atoms with Gasteiger partial charge >= 0.3 is 0 Å². The molecule has 0 unspecified atom stereocenters. The van der Waals surface area contributed by atoms with Crippen LogP contribution in [0.15, 0.2) is 36.9 Å². The van der Waals surface area contributed by atoms with Crippen LogP contribution in [0, 0.1) is 0 Å². The first kappa shape index (κ1) is 18.9. The molecule has 1 aliphatic heterocycles. The molecule has 156 valence electrons. The molecule has 3 N–H and O–H groups in total. The topological polar surface area (TPSA) is 133 Å². The Morgan fingerprint density at radius 3 is 2.81 bits per heavy atom. The Hall–Kier alpha value is -4.08. The van der Waals surface area contributed by atoms with Crippen molar-refractivity contribution in [3.05, 3.63) is 48.2 Å². The van der Waals surface area contributed by atoms with E-state index in [9.17, 15) is 9.59 Å². The summed E-state index contributed by atoms with van der Waals surface area (Å²) in [6.45, 7) is 6.42. The molecule has 10 nitrogen and oxygen atoms in total. The minimum absolute atomic E-state index is 0.0838. The zero-order chi connectivity index (χ0) is 21.8. The smallest absolute Gasteiger partial charge is 0.275 e. The molecule has 4 aromatic rings. The third kappa shape index (κ3) is 2.87. The van der Waals surface area contributed by atoms with Gasteiger partial charge in [0.05, 0.1) is 40.2 Å². The van der Waals surface area contributed by atoms with Crippen LogP contribution in [0.4, 0.5) is 11.4 Å². The summed E-state index contributed by atoms with van der Waals surface area (Å²) in [5.41, 5.74) is 3.96. The number of benzene rings is 1. The predicted octanol–water partition coefficient (Wildman–Crippen LogP) is 2.64. The first-order valence-electron chi connectivity index (χ1n) is 9.87. The highest BCUT2D eigenvalue weighted by Crippen LogP contribution is 2.43. The van der Waals surface area contributed by atoms with Crippen molar-refractivity contribution in [3.63, 3.8) is 0 Å². The van der Waals surface area contributed by atoms with Gasteiger partial charge in [0, 0.05) is 18.9 Å². The summed E-state index contributed by atoms with van der Waals surface area (Å²) in [5.74, 6) is 0.211. The molecular formula is C21H20N8O2. The number of nitrogens with zero attached hydrogens (tertiary/aromatic N) is 5. The van der Waals surface area contributed by atoms with Crippen LogP contribution >= 0.6 is 0 Å². The van der Waals surface area contributed by atoms with Crippen LogP contribution in [-0.4, -0.2) is 48.5 Å². The second-order valence-electron chi connectivity index (χ2n) is 7.85. The Bertz CT molecular complexity index is 1320. The van der Waals surface area contributed by atoms with E-state index in [0.717, 1.165) is 22.3 Å². The van der Waals surface area contributed by atoms with E-state index in [1.807, 2.05) is 32.9 Å². The van der Waals surface area contributed by atoms with Crippen molar-refractivity contribution < 1.29 is 9.59 Å². The van der Waals surface area contributed by atoms with Gasteiger partial charge in [-0.15, -0.1) is 0 Å². The third-order valence-corrected chi connectivity index (χ3v) is 5.58. The van der Waals surface area contributed by atoms with Crippen molar-refractivity contribution in [2.24, 2.45) is 0 Å². The van der Waals surface area contributed by atoms with Crippen LogP contribution in [0.2, 0.25) is 0 Å². The zero-order valence-corrected chi connectivity index (χ0v) is 17.2. The van der Waals surface area contributed by atoms with Crippen LogP contribution in [-0.2, 0) is 10.2 Å². The second kappa shape index (κ2) is 6.73. The van der Waals surface area contributed by atoms with E-state index in [1.54, 1.807) is 4.90 Å². The lowest BCUT2D eigenvalue weighted by Crippen LogP contribution is -2.35. The lowest BCUT2D eigenvalue weighted by molar-refractivity contribution is -0.122. The summed E-state index contributed by atoms with van der Waals surface area (Å²) in [5, 5.41) is 9.71. The molecule has 1 aliphatic rings. The highest BCUT2D eigenvalue weighted by atomic mass is 16.2. The van der Waals surface area contributed by atoms with Gasteiger partial charge in [-0.1, -0.05) is 0 Å². The Labute approximate surface area is 177 Å². The number of anilines is 2. The molecule has 4 heterocycles. The van der Waals surface area contributed by atoms with Crippen molar-refractivity contribution in [2.75, 3.05) is 16.8 Å². The number of amides is 2. The number of likely N-dealkylation sites (N-methyl/N-ethyl adjacent to an activating group) is 1. The maximum Gasteiger partial charge on any atom is 0.275 e. The number of aromatic amines is 2. The molecule has 10 heteroatoms. The summed E-state index contributed by atoms with van der Waals surface area (Å²) in [6.07, 6.45) is 5.85. The van der Waals surface area contributed by atoms with Crippen LogP contribution in [0.1, 0.15) is 36.8 Å². The van der Waals surface area contributed by atoms with Crippen molar-refractivity contribution in [1.82, 2.24) is 30.1 Å². The number of hydrogen-bond acceptors (Lipinski definition) is 6. The number of H-pyrrole nitrogens is 2. The summed E-state index contributed by atoms with van der Waals surface area (Å²) >= 11 is 0. The molecule has 2 amide bonds. The molecule has 0 saturated heterocycles. The van der Waals surface area contributed by atoms with Gasteiger partial charge < -0.3 is 15.2 Å². The average molecular weight is 416 g/mol. The fraction of sp³-hybridized carbons (Fsp3) is 0.238. The first-order valence-corrected chi connectivity index (χ1v) is 9.87. The van der Waals surface area contributed by atoms with E-state index >= 15 is 0 Å². The lowest BCUT2D eigenvalue weighted by Gasteiger charge is -2.18. The number of fused-ring (bicyclic) bond motifs is 2. The van der Waals surface area contributed by atoms with Gasteiger partial charge in [0.15, 0.2) is 5.82 Å². The summed E-state index contributed by atoms with van der Waals surface area (Å²) in [4.78, 5) is 42.9. The molecule has 5 rings (SSSR count). The van der Waals surface area contributed by atoms with E-state index < -0.39 is 11.3 Å². The maximum atomic E-state index is 12.8. The van der Waals surface area contributed by atoms with Crippen LogP contribution in [0.3, 0.4) is 0 Å². The molecular weight excluding hydrogens is 396 g/mol. The van der Waals surface area contributed by atoms with Crippen molar-refractivity contribution in [3.8, 4) is 11.5 Å². The van der Waals surface area contributed by atoms with Crippen molar-refractivity contribution in [1.29, 1.82) is 0 Å². The Kier molecular flexibility index (Phi) is 4.10. The highest BCUT2D eigenvalue weighted by Gasteiger charge is 2.43. The third-order valence-electron chi connectivity index (χ3n) is 5.58. The molecule has 0 aliphatic carbocycles. The van der Waals surface area contributed by atoms with Gasteiger partial charge in [0.25, 0.3) is 5.91 Å². The molecule has 0 radical (unpaired) electrons. The number of nitrogens with one attached hydrogen (secondary N) is 3. The Balaban J connectivity index is 1.53. The molecule has 0 bridgehead atoms. The molecule has 31 heavy (non-hydrogen) atoms. The van der Waals surface area contributed by atoms with Gasteiger partial charge in [-0.25, -0.2) is 9.97 Å². The van der Waals surface area contributed by atoms with Gasteiger partial charge in [-0.2, -0.15) is 5.10 Å². The predicted molar refractivity (Wildman–Crippen MR) is 115 cm³/mol. The van der Waals surface area contributed by atoms with E-state index in [2.05, 4.69) is 35.5 Å². The van der Waals surface area contributed by atoms with Crippen molar-refractivity contribution in [2.45, 2.75) is 26.2 Å². The number of carbonyl (C=O) groups is 2. The molecule has 0 fully saturated rings. The van der Waals surface area contributed by atoms with Gasteiger partial charge in [-0.3, -0.25) is 19.7 Å². The van der Waals surface area contributed by atoms with Gasteiger partial charge in [-0.05, 0) is 38.5 Å². The standard InChI is InChI=1S/C21H20N8O2/c1-4-29-16-8-13-12(7-11(16)21(2,3)20(29)31)25-18(26-13)17-14(10-24-28-17)27-19(30)15-9-22-5-6-23-15/h5-10H,4H2,1-3H3,(H,24,28)(H,25,26)(H,27,30). The number of imidazole rings is 1. The summed E-state index contributed by atoms with van der Waals surface area (Å²) in [7, 11) is 0. The quantitative estimate of drug-likeness (QED) is 0.468. The minimum Gasteiger partial charge on any atom is -0.337 e. The fourth-order valence-electron chi connectivity index (χ4n) is 3.93. The highest BCUT2D eigenvalue weighted by molar-refractivity contribution is 6.09. The molecule has 1 aromatic carbocycles. The zero-order valence-electron chi connectivity index (χ0n) is 17.2. The van der Waals surface area contributed by atoms with E-state index in [0.29, 0.717) is 23.8 Å². The number of carbonyl (C=O) groups excluding carboxylic acids is 2. The van der Waals surface area contributed by atoms with Gasteiger partial charge in [0.1, 0.15) is 11.4 Å². The number of aromatic nitrogens is 6. The molecule has 0 spiro atoms. The fourth-order valence-corrected chi connectivity index (χ4v) is 3.93. The second-order valence-corrected chi connectivity index (χ2v) is 7.85. The first-order chi connectivity index (χ1) is 14.9. The molecule has 0 saturated carbocycles. The van der Waals surface area contributed by atoms with Crippen LogP contribution in [0.5, 0.6) is 0 Å². The molecule has 0 atom stereocenters. The SMILES string of the molecule is CCN1C(=O)C(C)(C)c2cc3[nH]c(-c4[nH]ncc4NC(=O)c4cnccn4)nc3cc21. The van der Waals surface area contributed by atoms with Crippen LogP contribution in [0.25, 0.3) is 22.6 Å². The number of hydrogen-bond donors (Lipinski definition) is 3. The summed E-state index contributed by atoms with van der Waals surface area (Å²) in [6, 6.07) is 3.90.